The van der Waals surface area contributed by atoms with Crippen LogP contribution in [-0.4, -0.2) is 38.7 Å². The van der Waals surface area contributed by atoms with Crippen LogP contribution < -0.4 is 4.72 Å². The molecule has 21 heavy (non-hydrogen) atoms. The van der Waals surface area contributed by atoms with Crippen LogP contribution in [0.15, 0.2) is 23.1 Å². The summed E-state index contributed by atoms with van der Waals surface area (Å²) in [6.45, 7) is -0.0587. The minimum atomic E-state index is -3.94. The molecule has 7 nitrogen and oxygen atoms in total. The Morgan fingerprint density at radius 2 is 2.19 bits per heavy atom. The maximum Gasteiger partial charge on any atom is 0.310 e. The zero-order valence-corrected chi connectivity index (χ0v) is 12.2. The predicted molar refractivity (Wildman–Crippen MR) is 72.2 cm³/mol. The summed E-state index contributed by atoms with van der Waals surface area (Å²) in [6.07, 6.45) is 0. The van der Waals surface area contributed by atoms with Crippen LogP contribution in [0.4, 0.5) is 0 Å². The summed E-state index contributed by atoms with van der Waals surface area (Å²) >= 11 is 5.80. The van der Waals surface area contributed by atoms with Crippen LogP contribution in [0.3, 0.4) is 0 Å². The molecule has 1 aromatic rings. The molecule has 112 valence electrons. The molecule has 2 rings (SSSR count). The molecule has 0 bridgehead atoms. The number of carbonyl (C=O) groups is 1. The number of aliphatic carboxylic acids is 1. The summed E-state index contributed by atoms with van der Waals surface area (Å²) in [7, 11) is -3.94. The van der Waals surface area contributed by atoms with Crippen LogP contribution in [-0.2, 0) is 19.6 Å². The maximum atomic E-state index is 12.2. The molecule has 0 aromatic heterocycles. The number of ether oxygens (including phenoxy) is 1. The van der Waals surface area contributed by atoms with Crippen LogP contribution >= 0.6 is 11.6 Å². The van der Waals surface area contributed by atoms with Crippen molar-refractivity contribution in [1.82, 2.24) is 4.72 Å². The molecule has 9 heteroatoms. The second-order valence-corrected chi connectivity index (χ2v) is 6.58. The fraction of sp³-hybridized carbons (Fsp3) is 0.333. The Balaban J connectivity index is 2.25. The lowest BCUT2D eigenvalue weighted by atomic mass is 10.1. The number of rotatable bonds is 4. The molecule has 1 aromatic carbocycles. The number of carboxylic acids is 1. The first-order valence-corrected chi connectivity index (χ1v) is 7.74. The molecule has 0 aliphatic carbocycles. The highest BCUT2D eigenvalue weighted by atomic mass is 35.5. The molecule has 0 amide bonds. The van der Waals surface area contributed by atoms with Gasteiger partial charge < -0.3 is 9.84 Å². The van der Waals surface area contributed by atoms with E-state index in [4.69, 9.17) is 26.7 Å². The predicted octanol–water partition coefficient (Wildman–Crippen LogP) is 0.590. The monoisotopic (exact) mass is 330 g/mol. The molecule has 2 atom stereocenters. The molecule has 2 N–H and O–H groups in total. The van der Waals surface area contributed by atoms with Gasteiger partial charge in [-0.1, -0.05) is 11.6 Å². The van der Waals surface area contributed by atoms with Gasteiger partial charge in [0.15, 0.2) is 0 Å². The standard InChI is InChI=1S/C12H11ClN2O5S/c13-10-3-8(2-1-7(10)4-14)21(18,19)15-11-6-20-5-9(11)12(16)17/h1-3,9,11,15H,5-6H2,(H,16,17). The van der Waals surface area contributed by atoms with Crippen molar-refractivity contribution in [1.29, 1.82) is 5.26 Å². The molecule has 1 aliphatic heterocycles. The molecule has 0 spiro atoms. The lowest BCUT2D eigenvalue weighted by molar-refractivity contribution is -0.142. The average molecular weight is 331 g/mol. The lowest BCUT2D eigenvalue weighted by Gasteiger charge is -2.16. The van der Waals surface area contributed by atoms with Crippen molar-refractivity contribution in [2.75, 3.05) is 13.2 Å². The number of sulfonamides is 1. The van der Waals surface area contributed by atoms with E-state index in [1.807, 2.05) is 6.07 Å². The largest absolute Gasteiger partial charge is 0.481 e. The number of nitrogens with zero attached hydrogens (tertiary/aromatic N) is 1. The van der Waals surface area contributed by atoms with Gasteiger partial charge in [-0.3, -0.25) is 4.79 Å². The van der Waals surface area contributed by atoms with Crippen molar-refractivity contribution in [3.05, 3.63) is 28.8 Å². The number of nitrogens with one attached hydrogen (secondary N) is 1. The highest BCUT2D eigenvalue weighted by Crippen LogP contribution is 2.22. The zero-order chi connectivity index (χ0) is 15.6. The van der Waals surface area contributed by atoms with E-state index in [1.54, 1.807) is 0 Å². The second-order valence-electron chi connectivity index (χ2n) is 4.46. The molecular weight excluding hydrogens is 320 g/mol. The second kappa shape index (κ2) is 5.99. The van der Waals surface area contributed by atoms with Crippen LogP contribution in [0.5, 0.6) is 0 Å². The summed E-state index contributed by atoms with van der Waals surface area (Å²) in [6, 6.07) is 4.65. The van der Waals surface area contributed by atoms with Gasteiger partial charge >= 0.3 is 5.97 Å². The van der Waals surface area contributed by atoms with Gasteiger partial charge in [0, 0.05) is 0 Å². The number of carboxylic acid groups (broad SMARTS) is 1. The Kier molecular flexibility index (Phi) is 4.49. The van der Waals surface area contributed by atoms with Crippen LogP contribution in [0.25, 0.3) is 0 Å². The van der Waals surface area contributed by atoms with Gasteiger partial charge in [0.2, 0.25) is 10.0 Å². The Hall–Kier alpha value is -1.66. The molecule has 0 saturated carbocycles. The van der Waals surface area contributed by atoms with Gasteiger partial charge in [-0.05, 0) is 18.2 Å². The summed E-state index contributed by atoms with van der Waals surface area (Å²) < 4.78 is 31.7. The SMILES string of the molecule is N#Cc1ccc(S(=O)(=O)NC2COCC2C(=O)O)cc1Cl. The van der Waals surface area contributed by atoms with Crippen molar-refractivity contribution < 1.29 is 23.1 Å². The van der Waals surface area contributed by atoms with E-state index in [2.05, 4.69) is 4.72 Å². The number of nitriles is 1. The number of hydrogen-bond acceptors (Lipinski definition) is 5. The Bertz CT molecular complexity index is 713. The third-order valence-electron chi connectivity index (χ3n) is 3.08. The summed E-state index contributed by atoms with van der Waals surface area (Å²) in [5, 5.41) is 17.8. The van der Waals surface area contributed by atoms with Crippen molar-refractivity contribution in [2.24, 2.45) is 5.92 Å². The average Bonchev–Trinajstić information content (AvgIpc) is 2.86. The zero-order valence-electron chi connectivity index (χ0n) is 10.6. The molecule has 1 heterocycles. The van der Waals surface area contributed by atoms with Crippen LogP contribution in [0.2, 0.25) is 5.02 Å². The quantitative estimate of drug-likeness (QED) is 0.834. The molecule has 2 unspecified atom stereocenters. The molecule has 1 fully saturated rings. The first-order chi connectivity index (χ1) is 9.85. The van der Waals surface area contributed by atoms with Gasteiger partial charge in [-0.2, -0.15) is 5.26 Å². The summed E-state index contributed by atoms with van der Waals surface area (Å²) in [5.41, 5.74) is 0.156. The first kappa shape index (κ1) is 15.7. The van der Waals surface area contributed by atoms with E-state index in [9.17, 15) is 13.2 Å². The van der Waals surface area contributed by atoms with E-state index >= 15 is 0 Å². The Morgan fingerprint density at radius 3 is 2.76 bits per heavy atom. The van der Waals surface area contributed by atoms with Gasteiger partial charge in [-0.25, -0.2) is 13.1 Å². The third kappa shape index (κ3) is 3.33. The Morgan fingerprint density at radius 1 is 1.48 bits per heavy atom. The van der Waals surface area contributed by atoms with E-state index < -0.39 is 28.0 Å². The van der Waals surface area contributed by atoms with Crippen LogP contribution in [0, 0.1) is 17.2 Å². The van der Waals surface area contributed by atoms with Crippen molar-refractivity contribution in [3.63, 3.8) is 0 Å². The summed E-state index contributed by atoms with van der Waals surface area (Å²) in [5.74, 6) is -2.06. The third-order valence-corrected chi connectivity index (χ3v) is 4.88. The van der Waals surface area contributed by atoms with Crippen molar-refractivity contribution >= 4 is 27.6 Å². The first-order valence-electron chi connectivity index (χ1n) is 5.87. The Labute approximate surface area is 126 Å². The highest BCUT2D eigenvalue weighted by molar-refractivity contribution is 7.89. The minimum Gasteiger partial charge on any atom is -0.481 e. The van der Waals surface area contributed by atoms with Crippen LogP contribution in [0.1, 0.15) is 5.56 Å². The minimum absolute atomic E-state index is 0.0119. The smallest absolute Gasteiger partial charge is 0.310 e. The number of hydrogen-bond donors (Lipinski definition) is 2. The van der Waals surface area contributed by atoms with E-state index in [1.165, 1.54) is 12.1 Å². The van der Waals surface area contributed by atoms with Crippen molar-refractivity contribution in [3.8, 4) is 6.07 Å². The fourth-order valence-corrected chi connectivity index (χ4v) is 3.51. The molecule has 1 saturated heterocycles. The normalized spacial score (nSPS) is 21.9. The van der Waals surface area contributed by atoms with Gasteiger partial charge in [0.25, 0.3) is 0 Å². The topological polar surface area (TPSA) is 116 Å². The molecule has 0 radical (unpaired) electrons. The number of halogens is 1. The molecule has 1 aliphatic rings. The van der Waals surface area contributed by atoms with Gasteiger partial charge in [0.05, 0.1) is 40.7 Å². The lowest BCUT2D eigenvalue weighted by Crippen LogP contribution is -2.42. The van der Waals surface area contributed by atoms with Gasteiger partial charge in [-0.15, -0.1) is 0 Å². The molecular formula is C12H11ClN2O5S. The summed E-state index contributed by atoms with van der Waals surface area (Å²) in [4.78, 5) is 10.9. The van der Waals surface area contributed by atoms with E-state index in [0.717, 1.165) is 6.07 Å². The van der Waals surface area contributed by atoms with E-state index in [-0.39, 0.29) is 28.7 Å². The highest BCUT2D eigenvalue weighted by Gasteiger charge is 2.37. The maximum absolute atomic E-state index is 12.2. The van der Waals surface area contributed by atoms with E-state index in [0.29, 0.717) is 0 Å². The van der Waals surface area contributed by atoms with Gasteiger partial charge in [0.1, 0.15) is 6.07 Å². The van der Waals surface area contributed by atoms with Crippen molar-refractivity contribution in [2.45, 2.75) is 10.9 Å². The fourth-order valence-electron chi connectivity index (χ4n) is 1.93. The number of benzene rings is 1.